The molecule has 3 aliphatic rings. The lowest BCUT2D eigenvalue weighted by atomic mass is 9.80. The maximum atomic E-state index is 12.8. The number of hydrogen-bond acceptors (Lipinski definition) is 3. The predicted molar refractivity (Wildman–Crippen MR) is 116 cm³/mol. The number of rotatable bonds is 7. The summed E-state index contributed by atoms with van der Waals surface area (Å²) in [5, 5.41) is 2.99. The van der Waals surface area contributed by atoms with E-state index in [1.807, 2.05) is 50.1 Å². The van der Waals surface area contributed by atoms with E-state index in [9.17, 15) is 9.59 Å². The molecule has 5 nitrogen and oxygen atoms in total. The van der Waals surface area contributed by atoms with Crippen LogP contribution in [0.4, 0.5) is 10.5 Å². The van der Waals surface area contributed by atoms with E-state index < -0.39 is 0 Å². The molecule has 4 rings (SSSR count). The number of carbonyl (C=O) groups is 2. The van der Waals surface area contributed by atoms with Crippen LogP contribution >= 0.6 is 0 Å². The van der Waals surface area contributed by atoms with Gasteiger partial charge >= 0.3 is 6.03 Å². The van der Waals surface area contributed by atoms with Crippen LogP contribution in [0.5, 0.6) is 0 Å². The molecule has 0 radical (unpaired) electrons. The Balaban J connectivity index is 1.28. The van der Waals surface area contributed by atoms with E-state index in [-0.39, 0.29) is 17.2 Å². The topological polar surface area (TPSA) is 52.7 Å². The van der Waals surface area contributed by atoms with Crippen molar-refractivity contribution in [3.8, 4) is 0 Å². The summed E-state index contributed by atoms with van der Waals surface area (Å²) in [6.07, 6.45) is 7.17. The second kappa shape index (κ2) is 8.10. The van der Waals surface area contributed by atoms with E-state index in [4.69, 9.17) is 0 Å². The molecule has 0 bridgehead atoms. The van der Waals surface area contributed by atoms with E-state index in [2.05, 4.69) is 10.2 Å². The van der Waals surface area contributed by atoms with Gasteiger partial charge in [0.1, 0.15) is 0 Å². The number of benzene rings is 1. The quantitative estimate of drug-likeness (QED) is 0.682. The van der Waals surface area contributed by atoms with Gasteiger partial charge in [0.15, 0.2) is 5.78 Å². The first kappa shape index (κ1) is 20.4. The number of anilines is 1. The number of nitrogens with one attached hydrogen (secondary N) is 1. The SMILES string of the molecule is CN(C(=O)Nc1ccc(C(=O)C(C)(C)C2CC2)cc1)C1CCN(CC2CC2)CC1. The summed E-state index contributed by atoms with van der Waals surface area (Å²) >= 11 is 0. The molecule has 29 heavy (non-hydrogen) atoms. The number of Topliss-reactive ketones (excluding diaryl/α,β-unsaturated/α-hetero) is 1. The summed E-state index contributed by atoms with van der Waals surface area (Å²) in [6.45, 7) is 7.52. The van der Waals surface area contributed by atoms with Crippen LogP contribution in [0.2, 0.25) is 0 Å². The van der Waals surface area contributed by atoms with Crippen molar-refractivity contribution in [2.45, 2.75) is 58.4 Å². The Morgan fingerprint density at radius 1 is 1.03 bits per heavy atom. The smallest absolute Gasteiger partial charge is 0.321 e. The first-order valence-electron chi connectivity index (χ1n) is 11.3. The van der Waals surface area contributed by atoms with Gasteiger partial charge in [0.2, 0.25) is 0 Å². The van der Waals surface area contributed by atoms with Gasteiger partial charge in [-0.25, -0.2) is 4.79 Å². The van der Waals surface area contributed by atoms with Crippen molar-refractivity contribution < 1.29 is 9.59 Å². The van der Waals surface area contributed by atoms with Gasteiger partial charge in [-0.2, -0.15) is 0 Å². The molecule has 5 heteroatoms. The lowest BCUT2D eigenvalue weighted by molar-refractivity contribution is 0.0809. The fourth-order valence-electron chi connectivity index (χ4n) is 4.60. The molecule has 1 aromatic carbocycles. The number of ketones is 1. The van der Waals surface area contributed by atoms with Crippen molar-refractivity contribution in [1.82, 2.24) is 9.80 Å². The van der Waals surface area contributed by atoms with Gasteiger partial charge in [0.25, 0.3) is 0 Å². The van der Waals surface area contributed by atoms with Gasteiger partial charge in [-0.15, -0.1) is 0 Å². The van der Waals surface area contributed by atoms with Crippen LogP contribution < -0.4 is 5.32 Å². The Bertz CT molecular complexity index is 742. The molecule has 1 N–H and O–H groups in total. The summed E-state index contributed by atoms with van der Waals surface area (Å²) in [7, 11) is 1.90. The largest absolute Gasteiger partial charge is 0.325 e. The van der Waals surface area contributed by atoms with Gasteiger partial charge in [-0.3, -0.25) is 4.79 Å². The Morgan fingerprint density at radius 2 is 1.66 bits per heavy atom. The number of carbonyl (C=O) groups excluding carboxylic acids is 2. The molecule has 1 heterocycles. The zero-order valence-corrected chi connectivity index (χ0v) is 18.1. The minimum absolute atomic E-state index is 0.0666. The fraction of sp³-hybridized carbons (Fsp3) is 0.667. The third kappa shape index (κ3) is 4.82. The van der Waals surface area contributed by atoms with Crippen molar-refractivity contribution in [2.75, 3.05) is 32.0 Å². The Labute approximate surface area is 174 Å². The van der Waals surface area contributed by atoms with Crippen LogP contribution in [0.3, 0.4) is 0 Å². The number of likely N-dealkylation sites (tertiary alicyclic amines) is 1. The second-order valence-electron chi connectivity index (χ2n) is 9.92. The highest BCUT2D eigenvalue weighted by Gasteiger charge is 2.43. The monoisotopic (exact) mass is 397 g/mol. The molecular formula is C24H35N3O2. The predicted octanol–water partition coefficient (Wildman–Crippen LogP) is 4.64. The summed E-state index contributed by atoms with van der Waals surface area (Å²) in [4.78, 5) is 29.9. The average Bonchev–Trinajstić information content (AvgIpc) is 3.62. The molecule has 0 atom stereocenters. The first-order valence-corrected chi connectivity index (χ1v) is 11.3. The number of hydrogen-bond donors (Lipinski definition) is 1. The number of nitrogens with zero attached hydrogens (tertiary/aromatic N) is 2. The maximum absolute atomic E-state index is 12.8. The zero-order valence-electron chi connectivity index (χ0n) is 18.1. The highest BCUT2D eigenvalue weighted by molar-refractivity contribution is 6.01. The third-order valence-corrected chi connectivity index (χ3v) is 7.22. The number of urea groups is 1. The molecule has 2 saturated carbocycles. The highest BCUT2D eigenvalue weighted by atomic mass is 16.2. The Kier molecular flexibility index (Phi) is 5.69. The van der Waals surface area contributed by atoms with Crippen molar-refractivity contribution in [3.63, 3.8) is 0 Å². The molecule has 2 amide bonds. The van der Waals surface area contributed by atoms with Crippen LogP contribution in [0.25, 0.3) is 0 Å². The van der Waals surface area contributed by atoms with Crippen molar-refractivity contribution in [2.24, 2.45) is 17.3 Å². The van der Waals surface area contributed by atoms with E-state index >= 15 is 0 Å². The Morgan fingerprint density at radius 3 is 2.21 bits per heavy atom. The van der Waals surface area contributed by atoms with Crippen LogP contribution in [-0.4, -0.2) is 54.3 Å². The molecule has 1 aliphatic heterocycles. The second-order valence-corrected chi connectivity index (χ2v) is 9.92. The average molecular weight is 398 g/mol. The highest BCUT2D eigenvalue weighted by Crippen LogP contribution is 2.46. The molecule has 1 aromatic rings. The van der Waals surface area contributed by atoms with E-state index in [0.717, 1.165) is 55.9 Å². The van der Waals surface area contributed by atoms with Crippen LogP contribution in [0.1, 0.15) is 62.7 Å². The van der Waals surface area contributed by atoms with Gasteiger partial charge in [0.05, 0.1) is 0 Å². The molecule has 1 saturated heterocycles. The summed E-state index contributed by atoms with van der Waals surface area (Å²) < 4.78 is 0. The van der Waals surface area contributed by atoms with Crippen LogP contribution in [0.15, 0.2) is 24.3 Å². The van der Waals surface area contributed by atoms with Gasteiger partial charge in [-0.05, 0) is 74.6 Å². The molecule has 0 aromatic heterocycles. The third-order valence-electron chi connectivity index (χ3n) is 7.22. The number of amides is 2. The van der Waals surface area contributed by atoms with E-state index in [0.29, 0.717) is 12.0 Å². The molecule has 2 aliphatic carbocycles. The molecule has 158 valence electrons. The minimum Gasteiger partial charge on any atom is -0.325 e. The molecular weight excluding hydrogens is 362 g/mol. The van der Waals surface area contributed by atoms with Gasteiger partial charge in [0, 0.05) is 49.4 Å². The van der Waals surface area contributed by atoms with Gasteiger partial charge < -0.3 is 15.1 Å². The van der Waals surface area contributed by atoms with Gasteiger partial charge in [-0.1, -0.05) is 13.8 Å². The van der Waals surface area contributed by atoms with Crippen LogP contribution in [-0.2, 0) is 0 Å². The Hall–Kier alpha value is -1.88. The summed E-state index contributed by atoms with van der Waals surface area (Å²) in [5.41, 5.74) is 1.18. The standard InChI is InChI=1S/C24H35N3O2/c1-24(2,19-8-9-19)22(28)18-6-10-20(11-7-18)25-23(29)26(3)21-12-14-27(15-13-21)16-17-4-5-17/h6-7,10-11,17,19,21H,4-5,8-9,12-16H2,1-3H3,(H,25,29). The minimum atomic E-state index is -0.292. The molecule has 3 fully saturated rings. The normalized spacial score (nSPS) is 21.1. The lowest BCUT2D eigenvalue weighted by Gasteiger charge is -2.36. The van der Waals surface area contributed by atoms with E-state index in [1.165, 1.54) is 19.4 Å². The fourth-order valence-corrected chi connectivity index (χ4v) is 4.60. The molecule has 0 spiro atoms. The van der Waals surface area contributed by atoms with Crippen molar-refractivity contribution >= 4 is 17.5 Å². The van der Waals surface area contributed by atoms with E-state index in [1.54, 1.807) is 0 Å². The number of piperidine rings is 1. The maximum Gasteiger partial charge on any atom is 0.321 e. The summed E-state index contributed by atoms with van der Waals surface area (Å²) in [5.74, 6) is 1.64. The lowest BCUT2D eigenvalue weighted by Crippen LogP contribution is -2.47. The zero-order chi connectivity index (χ0) is 20.6. The summed E-state index contributed by atoms with van der Waals surface area (Å²) in [6, 6.07) is 7.62. The van der Waals surface area contributed by atoms with Crippen LogP contribution in [0, 0.1) is 17.3 Å². The first-order chi connectivity index (χ1) is 13.8. The molecule has 0 unspecified atom stereocenters. The van der Waals surface area contributed by atoms with Crippen molar-refractivity contribution in [3.05, 3.63) is 29.8 Å². The van der Waals surface area contributed by atoms with Crippen molar-refractivity contribution in [1.29, 1.82) is 0 Å².